The normalized spacial score (nSPS) is 18.7. The van der Waals surface area contributed by atoms with Gasteiger partial charge in [0, 0.05) is 10.8 Å². The first-order chi connectivity index (χ1) is 9.31. The molecule has 2 heterocycles. The molecule has 0 saturated heterocycles. The molecule has 1 N–H and O–H groups in total. The van der Waals surface area contributed by atoms with Crippen molar-refractivity contribution in [1.29, 1.82) is 0 Å². The van der Waals surface area contributed by atoms with Crippen LogP contribution in [-0.4, -0.2) is 9.97 Å². The third-order valence-electron chi connectivity index (χ3n) is 3.84. The van der Waals surface area contributed by atoms with Gasteiger partial charge in [-0.25, -0.2) is 9.37 Å². The smallest absolute Gasteiger partial charge is 0.125 e. The highest BCUT2D eigenvalue weighted by molar-refractivity contribution is 7.10. The first kappa shape index (κ1) is 11.2. The number of H-pyrrole nitrogens is 1. The summed E-state index contributed by atoms with van der Waals surface area (Å²) in [4.78, 5) is 9.40. The van der Waals surface area contributed by atoms with Crippen molar-refractivity contribution in [1.82, 2.24) is 9.97 Å². The summed E-state index contributed by atoms with van der Waals surface area (Å²) < 4.78 is 13.2. The lowest BCUT2D eigenvalue weighted by Crippen LogP contribution is -2.09. The van der Waals surface area contributed by atoms with Gasteiger partial charge in [-0.1, -0.05) is 0 Å². The second-order valence-corrected chi connectivity index (χ2v) is 6.03. The largest absolute Gasteiger partial charge is 0.341 e. The van der Waals surface area contributed by atoms with E-state index in [1.807, 2.05) is 11.3 Å². The standard InChI is InChI=1S/C15H13FN2S/c16-9-4-5-12-13(8-9)18-15(17-12)11-2-1-3-14-10(11)6-7-19-14/h4-8,11H,1-3H2,(H,17,18). The first-order valence-electron chi connectivity index (χ1n) is 6.53. The summed E-state index contributed by atoms with van der Waals surface area (Å²) in [6.45, 7) is 0. The molecule has 1 aliphatic rings. The van der Waals surface area contributed by atoms with Gasteiger partial charge in [-0.15, -0.1) is 11.3 Å². The van der Waals surface area contributed by atoms with E-state index in [4.69, 9.17) is 0 Å². The summed E-state index contributed by atoms with van der Waals surface area (Å²) >= 11 is 1.83. The van der Waals surface area contributed by atoms with E-state index >= 15 is 0 Å². The average Bonchev–Trinajstić information content (AvgIpc) is 3.03. The predicted molar refractivity (Wildman–Crippen MR) is 75.2 cm³/mol. The van der Waals surface area contributed by atoms with Crippen molar-refractivity contribution in [3.8, 4) is 0 Å². The Kier molecular flexibility index (Phi) is 2.45. The van der Waals surface area contributed by atoms with E-state index in [9.17, 15) is 4.39 Å². The van der Waals surface area contributed by atoms with Crippen molar-refractivity contribution in [2.24, 2.45) is 0 Å². The molecule has 2 nitrogen and oxygen atoms in total. The molecule has 1 aliphatic carbocycles. The Bertz CT molecular complexity index is 744. The summed E-state index contributed by atoms with van der Waals surface area (Å²) in [5.74, 6) is 1.09. The predicted octanol–water partition coefficient (Wildman–Crippen LogP) is 4.23. The molecule has 0 spiro atoms. The van der Waals surface area contributed by atoms with Crippen molar-refractivity contribution >= 4 is 22.4 Å². The van der Waals surface area contributed by atoms with Crippen LogP contribution < -0.4 is 0 Å². The molecule has 4 heteroatoms. The van der Waals surface area contributed by atoms with E-state index in [1.54, 1.807) is 6.07 Å². The van der Waals surface area contributed by atoms with Crippen LogP contribution in [-0.2, 0) is 6.42 Å². The summed E-state index contributed by atoms with van der Waals surface area (Å²) in [7, 11) is 0. The maximum absolute atomic E-state index is 13.2. The fourth-order valence-electron chi connectivity index (χ4n) is 2.94. The zero-order valence-electron chi connectivity index (χ0n) is 10.3. The van der Waals surface area contributed by atoms with Crippen LogP contribution >= 0.6 is 11.3 Å². The number of benzene rings is 1. The number of hydrogen-bond donors (Lipinski definition) is 1. The molecular weight excluding hydrogens is 259 g/mol. The highest BCUT2D eigenvalue weighted by atomic mass is 32.1. The van der Waals surface area contributed by atoms with E-state index in [2.05, 4.69) is 21.4 Å². The van der Waals surface area contributed by atoms with Crippen LogP contribution in [0.15, 0.2) is 29.6 Å². The van der Waals surface area contributed by atoms with Crippen molar-refractivity contribution in [2.45, 2.75) is 25.2 Å². The number of fused-ring (bicyclic) bond motifs is 2. The van der Waals surface area contributed by atoms with Crippen LogP contribution in [0.3, 0.4) is 0 Å². The number of imidazole rings is 1. The van der Waals surface area contributed by atoms with E-state index in [0.717, 1.165) is 23.3 Å². The molecule has 0 amide bonds. The summed E-state index contributed by atoms with van der Waals surface area (Å²) in [5.41, 5.74) is 3.03. The maximum Gasteiger partial charge on any atom is 0.125 e. The summed E-state index contributed by atoms with van der Waals surface area (Å²) in [6.07, 6.45) is 3.49. The van der Waals surface area contributed by atoms with Crippen LogP contribution in [0.1, 0.15) is 35.0 Å². The highest BCUT2D eigenvalue weighted by Crippen LogP contribution is 2.38. The van der Waals surface area contributed by atoms with Crippen LogP contribution in [0.2, 0.25) is 0 Å². The SMILES string of the molecule is Fc1ccc2nc(C3CCCc4sccc43)[nH]c2c1. The lowest BCUT2D eigenvalue weighted by atomic mass is 9.87. The van der Waals surface area contributed by atoms with Crippen LogP contribution in [0, 0.1) is 5.82 Å². The number of aromatic amines is 1. The van der Waals surface area contributed by atoms with E-state index < -0.39 is 0 Å². The highest BCUT2D eigenvalue weighted by Gasteiger charge is 2.25. The Morgan fingerprint density at radius 3 is 3.21 bits per heavy atom. The number of nitrogens with one attached hydrogen (secondary N) is 1. The van der Waals surface area contributed by atoms with Gasteiger partial charge in [0.25, 0.3) is 0 Å². The summed E-state index contributed by atoms with van der Waals surface area (Å²) in [5, 5.41) is 2.16. The molecule has 0 saturated carbocycles. The fraction of sp³-hybridized carbons (Fsp3) is 0.267. The van der Waals surface area contributed by atoms with E-state index in [0.29, 0.717) is 5.92 Å². The molecule has 4 rings (SSSR count). The number of thiophene rings is 1. The molecule has 1 unspecified atom stereocenters. The Labute approximate surface area is 114 Å². The quantitative estimate of drug-likeness (QED) is 0.705. The number of halogens is 1. The molecule has 1 atom stereocenters. The molecule has 0 aliphatic heterocycles. The van der Waals surface area contributed by atoms with Crippen molar-refractivity contribution in [3.63, 3.8) is 0 Å². The minimum atomic E-state index is -0.220. The molecule has 0 fully saturated rings. The minimum absolute atomic E-state index is 0.220. The number of hydrogen-bond acceptors (Lipinski definition) is 2. The topological polar surface area (TPSA) is 28.7 Å². The van der Waals surface area contributed by atoms with Crippen LogP contribution in [0.4, 0.5) is 4.39 Å². The third-order valence-corrected chi connectivity index (χ3v) is 4.84. The summed E-state index contributed by atoms with van der Waals surface area (Å²) in [6, 6.07) is 6.92. The molecule has 1 aromatic carbocycles. The molecule has 3 aromatic rings. The van der Waals surface area contributed by atoms with Gasteiger partial charge < -0.3 is 4.98 Å². The molecule has 0 radical (unpaired) electrons. The van der Waals surface area contributed by atoms with Crippen LogP contribution in [0.25, 0.3) is 11.0 Å². The number of aromatic nitrogens is 2. The van der Waals surface area contributed by atoms with Gasteiger partial charge in [0.05, 0.1) is 11.0 Å². The van der Waals surface area contributed by atoms with Gasteiger partial charge >= 0.3 is 0 Å². The maximum atomic E-state index is 13.2. The molecule has 0 bridgehead atoms. The van der Waals surface area contributed by atoms with Gasteiger partial charge in [0.2, 0.25) is 0 Å². The second-order valence-electron chi connectivity index (χ2n) is 5.03. The lowest BCUT2D eigenvalue weighted by Gasteiger charge is -2.20. The van der Waals surface area contributed by atoms with Gasteiger partial charge in [0.1, 0.15) is 11.6 Å². The van der Waals surface area contributed by atoms with Gasteiger partial charge in [-0.05, 0) is 54.5 Å². The Morgan fingerprint density at radius 2 is 2.26 bits per heavy atom. The van der Waals surface area contributed by atoms with Crippen molar-refractivity contribution in [2.75, 3.05) is 0 Å². The number of rotatable bonds is 1. The number of aryl methyl sites for hydroxylation is 1. The molecular formula is C15H13FN2S. The zero-order valence-corrected chi connectivity index (χ0v) is 11.1. The van der Waals surface area contributed by atoms with Crippen molar-refractivity contribution in [3.05, 3.63) is 51.7 Å². The van der Waals surface area contributed by atoms with E-state index in [1.165, 1.54) is 35.4 Å². The fourth-order valence-corrected chi connectivity index (χ4v) is 3.92. The zero-order chi connectivity index (χ0) is 12.8. The van der Waals surface area contributed by atoms with E-state index in [-0.39, 0.29) is 5.82 Å². The Hall–Kier alpha value is -1.68. The molecule has 2 aromatic heterocycles. The minimum Gasteiger partial charge on any atom is -0.341 e. The van der Waals surface area contributed by atoms with Gasteiger partial charge in [-0.3, -0.25) is 0 Å². The number of nitrogens with zero attached hydrogens (tertiary/aromatic N) is 1. The van der Waals surface area contributed by atoms with Gasteiger partial charge in [-0.2, -0.15) is 0 Å². The monoisotopic (exact) mass is 272 g/mol. The third kappa shape index (κ3) is 1.78. The van der Waals surface area contributed by atoms with Gasteiger partial charge in [0.15, 0.2) is 0 Å². The Balaban J connectivity index is 1.83. The Morgan fingerprint density at radius 1 is 1.32 bits per heavy atom. The average molecular weight is 272 g/mol. The molecule has 96 valence electrons. The second kappa shape index (κ2) is 4.17. The first-order valence-corrected chi connectivity index (χ1v) is 7.40. The van der Waals surface area contributed by atoms with Crippen molar-refractivity contribution < 1.29 is 4.39 Å². The molecule has 19 heavy (non-hydrogen) atoms. The lowest BCUT2D eigenvalue weighted by molar-refractivity contribution is 0.604. The van der Waals surface area contributed by atoms with Crippen LogP contribution in [0.5, 0.6) is 0 Å².